The SMILES string of the molecule is O=C(CSc1ncnc2sc3c(c12)CCCC3)N1CCCCC1. The first-order valence-electron chi connectivity index (χ1n) is 8.49. The topological polar surface area (TPSA) is 46.1 Å². The minimum atomic E-state index is 0.255. The molecule has 1 saturated heterocycles. The second-order valence-electron chi connectivity index (χ2n) is 6.30. The van der Waals surface area contributed by atoms with Crippen LogP contribution in [0.1, 0.15) is 42.5 Å². The Kier molecular flexibility index (Phi) is 4.53. The highest BCUT2D eigenvalue weighted by molar-refractivity contribution is 8.00. The Morgan fingerprint density at radius 3 is 2.83 bits per heavy atom. The van der Waals surface area contributed by atoms with Crippen LogP contribution in [-0.2, 0) is 17.6 Å². The van der Waals surface area contributed by atoms with Gasteiger partial charge in [-0.05, 0) is 50.5 Å². The summed E-state index contributed by atoms with van der Waals surface area (Å²) < 4.78 is 0. The molecule has 1 aliphatic carbocycles. The lowest BCUT2D eigenvalue weighted by Gasteiger charge is -2.26. The summed E-state index contributed by atoms with van der Waals surface area (Å²) in [6, 6.07) is 0. The van der Waals surface area contributed by atoms with Crippen LogP contribution in [-0.4, -0.2) is 39.6 Å². The number of fused-ring (bicyclic) bond motifs is 3. The number of aromatic nitrogens is 2. The fourth-order valence-corrected chi connectivity index (χ4v) is 5.76. The molecule has 6 heteroatoms. The number of rotatable bonds is 3. The molecule has 2 aliphatic rings. The Labute approximate surface area is 144 Å². The second kappa shape index (κ2) is 6.77. The lowest BCUT2D eigenvalue weighted by molar-refractivity contribution is -0.129. The van der Waals surface area contributed by atoms with E-state index in [1.807, 2.05) is 16.2 Å². The fraction of sp³-hybridized carbons (Fsp3) is 0.588. The zero-order chi connectivity index (χ0) is 15.6. The number of amides is 1. The summed E-state index contributed by atoms with van der Waals surface area (Å²) in [4.78, 5) is 25.9. The lowest BCUT2D eigenvalue weighted by atomic mass is 9.97. The summed E-state index contributed by atoms with van der Waals surface area (Å²) in [5.74, 6) is 0.752. The van der Waals surface area contributed by atoms with E-state index in [0.717, 1.165) is 42.2 Å². The number of nitrogens with zero attached hydrogens (tertiary/aromatic N) is 3. The molecule has 1 amide bonds. The average Bonchev–Trinajstić information content (AvgIpc) is 2.99. The second-order valence-corrected chi connectivity index (χ2v) is 8.35. The minimum Gasteiger partial charge on any atom is -0.342 e. The van der Waals surface area contributed by atoms with Gasteiger partial charge in [0.1, 0.15) is 16.2 Å². The first-order valence-corrected chi connectivity index (χ1v) is 10.3. The Hall–Kier alpha value is -1.14. The number of carbonyl (C=O) groups excluding carboxylic acids is 1. The van der Waals surface area contributed by atoms with Gasteiger partial charge < -0.3 is 4.90 Å². The van der Waals surface area contributed by atoms with Gasteiger partial charge in [0, 0.05) is 23.4 Å². The van der Waals surface area contributed by atoms with E-state index >= 15 is 0 Å². The van der Waals surface area contributed by atoms with Gasteiger partial charge in [-0.3, -0.25) is 4.79 Å². The maximum atomic E-state index is 12.4. The first kappa shape index (κ1) is 15.4. The summed E-state index contributed by atoms with van der Waals surface area (Å²) in [6.45, 7) is 1.85. The van der Waals surface area contributed by atoms with E-state index in [1.165, 1.54) is 41.5 Å². The highest BCUT2D eigenvalue weighted by atomic mass is 32.2. The molecule has 1 aliphatic heterocycles. The average molecular weight is 348 g/mol. The smallest absolute Gasteiger partial charge is 0.232 e. The van der Waals surface area contributed by atoms with Crippen molar-refractivity contribution in [2.24, 2.45) is 0 Å². The number of hydrogen-bond donors (Lipinski definition) is 0. The first-order chi connectivity index (χ1) is 11.3. The van der Waals surface area contributed by atoms with Crippen molar-refractivity contribution in [2.45, 2.75) is 50.0 Å². The predicted molar refractivity (Wildman–Crippen MR) is 95.2 cm³/mol. The third kappa shape index (κ3) is 3.11. The van der Waals surface area contributed by atoms with Crippen LogP contribution < -0.4 is 0 Å². The normalized spacial score (nSPS) is 18.2. The Morgan fingerprint density at radius 1 is 1.13 bits per heavy atom. The molecule has 4 nitrogen and oxygen atoms in total. The van der Waals surface area contributed by atoms with Gasteiger partial charge in [-0.1, -0.05) is 11.8 Å². The maximum absolute atomic E-state index is 12.4. The van der Waals surface area contributed by atoms with Gasteiger partial charge in [0.25, 0.3) is 0 Å². The van der Waals surface area contributed by atoms with Crippen LogP contribution >= 0.6 is 23.1 Å². The molecule has 0 atom stereocenters. The minimum absolute atomic E-state index is 0.255. The molecule has 2 aromatic rings. The molecule has 0 aromatic carbocycles. The number of aryl methyl sites for hydroxylation is 2. The van der Waals surface area contributed by atoms with Crippen LogP contribution in [0, 0.1) is 0 Å². The molecule has 0 saturated carbocycles. The van der Waals surface area contributed by atoms with Crippen molar-refractivity contribution in [1.82, 2.24) is 14.9 Å². The van der Waals surface area contributed by atoms with Crippen LogP contribution in [0.3, 0.4) is 0 Å². The maximum Gasteiger partial charge on any atom is 0.232 e. The number of thiophene rings is 1. The van der Waals surface area contributed by atoms with Gasteiger partial charge in [0.05, 0.1) is 5.75 Å². The third-order valence-electron chi connectivity index (χ3n) is 4.76. The van der Waals surface area contributed by atoms with E-state index < -0.39 is 0 Å². The third-order valence-corrected chi connectivity index (χ3v) is 6.93. The van der Waals surface area contributed by atoms with Crippen molar-refractivity contribution < 1.29 is 4.79 Å². The molecule has 0 spiro atoms. The zero-order valence-electron chi connectivity index (χ0n) is 13.2. The van der Waals surface area contributed by atoms with E-state index in [4.69, 9.17) is 0 Å². The summed E-state index contributed by atoms with van der Waals surface area (Å²) in [7, 11) is 0. The number of carbonyl (C=O) groups is 1. The molecule has 122 valence electrons. The van der Waals surface area contributed by atoms with Crippen molar-refractivity contribution in [2.75, 3.05) is 18.8 Å². The van der Waals surface area contributed by atoms with E-state index in [0.29, 0.717) is 5.75 Å². The van der Waals surface area contributed by atoms with Crippen LogP contribution in [0.2, 0.25) is 0 Å². The highest BCUT2D eigenvalue weighted by Crippen LogP contribution is 2.39. The van der Waals surface area contributed by atoms with E-state index in [2.05, 4.69) is 9.97 Å². The van der Waals surface area contributed by atoms with Gasteiger partial charge in [-0.25, -0.2) is 9.97 Å². The highest BCUT2D eigenvalue weighted by Gasteiger charge is 2.21. The zero-order valence-corrected chi connectivity index (χ0v) is 14.8. The molecule has 2 aromatic heterocycles. The van der Waals surface area contributed by atoms with Crippen molar-refractivity contribution in [3.8, 4) is 0 Å². The van der Waals surface area contributed by atoms with Crippen LogP contribution in [0.4, 0.5) is 0 Å². The van der Waals surface area contributed by atoms with E-state index in [-0.39, 0.29) is 5.91 Å². The van der Waals surface area contributed by atoms with Crippen molar-refractivity contribution >= 4 is 39.2 Å². The van der Waals surface area contributed by atoms with E-state index in [1.54, 1.807) is 18.1 Å². The molecule has 1 fully saturated rings. The van der Waals surface area contributed by atoms with Crippen molar-refractivity contribution in [1.29, 1.82) is 0 Å². The van der Waals surface area contributed by atoms with Gasteiger partial charge in [0.15, 0.2) is 0 Å². The van der Waals surface area contributed by atoms with Crippen molar-refractivity contribution in [3.63, 3.8) is 0 Å². The summed E-state index contributed by atoms with van der Waals surface area (Å²) in [5, 5.41) is 2.23. The Bertz CT molecular complexity index is 722. The largest absolute Gasteiger partial charge is 0.342 e. The lowest BCUT2D eigenvalue weighted by Crippen LogP contribution is -2.36. The number of thioether (sulfide) groups is 1. The summed E-state index contributed by atoms with van der Waals surface area (Å²) in [5.41, 5.74) is 1.45. The molecule has 0 unspecified atom stereocenters. The number of piperidine rings is 1. The monoisotopic (exact) mass is 347 g/mol. The van der Waals surface area contributed by atoms with Gasteiger partial charge in [-0.15, -0.1) is 11.3 Å². The van der Waals surface area contributed by atoms with Gasteiger partial charge in [0.2, 0.25) is 5.91 Å². The van der Waals surface area contributed by atoms with Gasteiger partial charge >= 0.3 is 0 Å². The predicted octanol–water partition coefficient (Wildman–Crippen LogP) is 3.67. The standard InChI is InChI=1S/C17H21N3OS2/c21-14(20-8-4-1-5-9-20)10-22-16-15-12-6-2-3-7-13(12)23-17(15)19-11-18-16/h11H,1-10H2. The summed E-state index contributed by atoms with van der Waals surface area (Å²) in [6.07, 6.45) is 10.0. The number of hydrogen-bond acceptors (Lipinski definition) is 5. The molecule has 3 heterocycles. The number of likely N-dealkylation sites (tertiary alicyclic amines) is 1. The molecule has 4 rings (SSSR count). The van der Waals surface area contributed by atoms with E-state index in [9.17, 15) is 4.79 Å². The molecular formula is C17H21N3OS2. The van der Waals surface area contributed by atoms with Crippen LogP contribution in [0.15, 0.2) is 11.4 Å². The quantitative estimate of drug-likeness (QED) is 0.628. The molecule has 0 bridgehead atoms. The van der Waals surface area contributed by atoms with Crippen LogP contribution in [0.5, 0.6) is 0 Å². The summed E-state index contributed by atoms with van der Waals surface area (Å²) >= 11 is 3.41. The van der Waals surface area contributed by atoms with Crippen molar-refractivity contribution in [3.05, 3.63) is 16.8 Å². The molecule has 0 radical (unpaired) electrons. The molecule has 23 heavy (non-hydrogen) atoms. The molecular weight excluding hydrogens is 326 g/mol. The Morgan fingerprint density at radius 2 is 1.96 bits per heavy atom. The van der Waals surface area contributed by atoms with Crippen LogP contribution in [0.25, 0.3) is 10.2 Å². The Balaban J connectivity index is 1.54. The fourth-order valence-electron chi connectivity index (χ4n) is 3.54. The molecule has 0 N–H and O–H groups in total. The van der Waals surface area contributed by atoms with Gasteiger partial charge in [-0.2, -0.15) is 0 Å².